The Kier molecular flexibility index (Phi) is 5.70. The average molecular weight is 350 g/mol. The van der Waals surface area contributed by atoms with Crippen LogP contribution in [0, 0.1) is 6.92 Å². The molecule has 5 heteroatoms. The second-order valence-electron chi connectivity index (χ2n) is 4.79. The van der Waals surface area contributed by atoms with Crippen LogP contribution < -0.4 is 10.1 Å². The van der Waals surface area contributed by atoms with E-state index in [1.807, 2.05) is 12.1 Å². The van der Waals surface area contributed by atoms with Crippen LogP contribution in [0.5, 0.6) is 5.88 Å². The summed E-state index contributed by atoms with van der Waals surface area (Å²) in [6, 6.07) is 6.16. The summed E-state index contributed by atoms with van der Waals surface area (Å²) in [5.41, 5.74) is 3.19. The number of hydrogen-bond acceptors (Lipinski definition) is 4. The van der Waals surface area contributed by atoms with Gasteiger partial charge in [-0.05, 0) is 37.1 Å². The summed E-state index contributed by atoms with van der Waals surface area (Å²) in [5.74, 6) is 0.561. The molecule has 1 heterocycles. The predicted molar refractivity (Wildman–Crippen MR) is 87.6 cm³/mol. The molecular weight excluding hydrogens is 330 g/mol. The van der Waals surface area contributed by atoms with Gasteiger partial charge in [-0.15, -0.1) is 0 Å². The summed E-state index contributed by atoms with van der Waals surface area (Å²) in [5, 5.41) is 3.54. The zero-order chi connectivity index (χ0) is 15.2. The molecule has 0 amide bonds. The third-order valence-corrected chi connectivity index (χ3v) is 4.24. The van der Waals surface area contributed by atoms with Crippen molar-refractivity contribution in [2.45, 2.75) is 26.3 Å². The van der Waals surface area contributed by atoms with Gasteiger partial charge < -0.3 is 10.1 Å². The zero-order valence-corrected chi connectivity index (χ0v) is 14.1. The van der Waals surface area contributed by atoms with Crippen LogP contribution in [0.1, 0.15) is 36.2 Å². The van der Waals surface area contributed by atoms with Crippen LogP contribution in [-0.4, -0.2) is 23.6 Å². The highest BCUT2D eigenvalue weighted by molar-refractivity contribution is 9.10. The maximum absolute atomic E-state index is 5.37. The molecule has 1 aromatic heterocycles. The van der Waals surface area contributed by atoms with E-state index in [0.717, 1.165) is 23.1 Å². The smallest absolute Gasteiger partial charge is 0.237 e. The van der Waals surface area contributed by atoms with Gasteiger partial charge in [0.2, 0.25) is 5.88 Å². The van der Waals surface area contributed by atoms with Crippen LogP contribution in [0.3, 0.4) is 0 Å². The minimum Gasteiger partial charge on any atom is -0.480 e. The van der Waals surface area contributed by atoms with Gasteiger partial charge in [0.1, 0.15) is 5.69 Å². The van der Waals surface area contributed by atoms with E-state index in [1.54, 1.807) is 19.5 Å². The minimum absolute atomic E-state index is 0.0360. The van der Waals surface area contributed by atoms with Crippen LogP contribution in [0.25, 0.3) is 0 Å². The van der Waals surface area contributed by atoms with Gasteiger partial charge in [0.25, 0.3) is 0 Å². The maximum Gasteiger partial charge on any atom is 0.237 e. The number of nitrogens with zero attached hydrogens (tertiary/aromatic N) is 2. The maximum atomic E-state index is 5.37. The summed E-state index contributed by atoms with van der Waals surface area (Å²) >= 11 is 3.60. The van der Waals surface area contributed by atoms with Crippen molar-refractivity contribution in [1.29, 1.82) is 0 Å². The van der Waals surface area contributed by atoms with Crippen molar-refractivity contribution in [3.63, 3.8) is 0 Å². The lowest BCUT2D eigenvalue weighted by molar-refractivity contribution is 0.382. The largest absolute Gasteiger partial charge is 0.480 e. The van der Waals surface area contributed by atoms with E-state index in [9.17, 15) is 0 Å². The fourth-order valence-corrected chi connectivity index (χ4v) is 2.65. The third-order valence-electron chi connectivity index (χ3n) is 3.38. The van der Waals surface area contributed by atoms with Crippen molar-refractivity contribution < 1.29 is 4.74 Å². The number of hydrogen-bond donors (Lipinski definition) is 1. The number of benzene rings is 1. The van der Waals surface area contributed by atoms with E-state index in [1.165, 1.54) is 11.1 Å². The molecular formula is C16H20BrN3O. The molecule has 0 aliphatic carbocycles. The van der Waals surface area contributed by atoms with Crippen molar-refractivity contribution >= 4 is 15.9 Å². The monoisotopic (exact) mass is 349 g/mol. The topological polar surface area (TPSA) is 47.0 Å². The highest BCUT2D eigenvalue weighted by Gasteiger charge is 2.22. The van der Waals surface area contributed by atoms with Crippen molar-refractivity contribution in [3.8, 4) is 5.88 Å². The number of halogens is 1. The van der Waals surface area contributed by atoms with Crippen molar-refractivity contribution in [3.05, 3.63) is 51.9 Å². The Labute approximate surface area is 134 Å². The van der Waals surface area contributed by atoms with E-state index < -0.39 is 0 Å². The highest BCUT2D eigenvalue weighted by atomic mass is 79.9. The van der Waals surface area contributed by atoms with Crippen molar-refractivity contribution in [1.82, 2.24) is 15.3 Å². The Morgan fingerprint density at radius 1 is 1.29 bits per heavy atom. The lowest BCUT2D eigenvalue weighted by Gasteiger charge is -2.22. The first-order valence-corrected chi connectivity index (χ1v) is 7.81. The third kappa shape index (κ3) is 3.60. The predicted octanol–water partition coefficient (Wildman–Crippen LogP) is 3.65. The first-order chi connectivity index (χ1) is 10.2. The fraction of sp³-hybridized carbons (Fsp3) is 0.375. The van der Waals surface area contributed by atoms with E-state index >= 15 is 0 Å². The Balaban J connectivity index is 2.50. The van der Waals surface area contributed by atoms with Gasteiger partial charge in [0.15, 0.2) is 0 Å². The molecule has 0 fully saturated rings. The first kappa shape index (κ1) is 15.9. The first-order valence-electron chi connectivity index (χ1n) is 7.02. The number of nitrogens with one attached hydrogen (secondary N) is 1. The van der Waals surface area contributed by atoms with E-state index in [-0.39, 0.29) is 6.04 Å². The molecule has 1 aromatic carbocycles. The van der Waals surface area contributed by atoms with Gasteiger partial charge in [-0.1, -0.05) is 35.0 Å². The van der Waals surface area contributed by atoms with Gasteiger partial charge in [-0.25, -0.2) is 4.98 Å². The normalized spacial score (nSPS) is 12.2. The highest BCUT2D eigenvalue weighted by Crippen LogP contribution is 2.31. The van der Waals surface area contributed by atoms with Gasteiger partial charge in [-0.3, -0.25) is 4.98 Å². The molecule has 2 rings (SSSR count). The van der Waals surface area contributed by atoms with Crippen molar-refractivity contribution in [2.75, 3.05) is 13.7 Å². The lowest BCUT2D eigenvalue weighted by Crippen LogP contribution is -2.25. The van der Waals surface area contributed by atoms with E-state index in [2.05, 4.69) is 51.1 Å². The summed E-state index contributed by atoms with van der Waals surface area (Å²) < 4.78 is 6.46. The standard InChI is InChI=1S/C16H20BrN3O/c1-4-8-18-14(12-6-5-7-13(17)11(12)2)15-16(21-3)20-10-9-19-15/h5-7,9-10,14,18H,4,8H2,1-3H3. The molecule has 1 atom stereocenters. The molecule has 0 aliphatic rings. The Morgan fingerprint density at radius 2 is 2.05 bits per heavy atom. The van der Waals surface area contributed by atoms with Crippen LogP contribution in [-0.2, 0) is 0 Å². The molecule has 21 heavy (non-hydrogen) atoms. The molecule has 0 aliphatic heterocycles. The average Bonchev–Trinajstić information content (AvgIpc) is 2.52. The Bertz CT molecular complexity index is 604. The van der Waals surface area contributed by atoms with Crippen LogP contribution in [0.15, 0.2) is 35.1 Å². The zero-order valence-electron chi connectivity index (χ0n) is 12.6. The summed E-state index contributed by atoms with van der Waals surface area (Å²) in [6.07, 6.45) is 4.39. The summed E-state index contributed by atoms with van der Waals surface area (Å²) in [4.78, 5) is 8.75. The van der Waals surface area contributed by atoms with Gasteiger partial charge in [0, 0.05) is 16.9 Å². The minimum atomic E-state index is -0.0360. The number of ether oxygens (including phenoxy) is 1. The molecule has 0 radical (unpaired) electrons. The van der Waals surface area contributed by atoms with Gasteiger partial charge >= 0.3 is 0 Å². The second-order valence-corrected chi connectivity index (χ2v) is 5.65. The summed E-state index contributed by atoms with van der Waals surface area (Å²) in [7, 11) is 1.62. The molecule has 1 N–H and O–H groups in total. The van der Waals surface area contributed by atoms with E-state index in [0.29, 0.717) is 5.88 Å². The molecule has 0 saturated carbocycles. The molecule has 2 aromatic rings. The van der Waals surface area contributed by atoms with Crippen LogP contribution >= 0.6 is 15.9 Å². The molecule has 0 saturated heterocycles. The lowest BCUT2D eigenvalue weighted by atomic mass is 9.98. The summed E-state index contributed by atoms with van der Waals surface area (Å²) in [6.45, 7) is 5.14. The van der Waals surface area contributed by atoms with Crippen LogP contribution in [0.4, 0.5) is 0 Å². The number of methoxy groups -OCH3 is 1. The Morgan fingerprint density at radius 3 is 2.76 bits per heavy atom. The fourth-order valence-electron chi connectivity index (χ4n) is 2.27. The number of rotatable bonds is 6. The molecule has 0 bridgehead atoms. The molecule has 1 unspecified atom stereocenters. The quantitative estimate of drug-likeness (QED) is 0.864. The number of aromatic nitrogens is 2. The van der Waals surface area contributed by atoms with Crippen molar-refractivity contribution in [2.24, 2.45) is 0 Å². The molecule has 112 valence electrons. The SMILES string of the molecule is CCCNC(c1cccc(Br)c1C)c1nccnc1OC. The van der Waals surface area contributed by atoms with Gasteiger partial charge in [0.05, 0.1) is 13.2 Å². The molecule has 4 nitrogen and oxygen atoms in total. The van der Waals surface area contributed by atoms with Crippen LogP contribution in [0.2, 0.25) is 0 Å². The Hall–Kier alpha value is -1.46. The molecule has 0 spiro atoms. The van der Waals surface area contributed by atoms with Gasteiger partial charge in [-0.2, -0.15) is 0 Å². The van der Waals surface area contributed by atoms with E-state index in [4.69, 9.17) is 4.74 Å². The second kappa shape index (κ2) is 7.52.